The number of anilines is 2. The quantitative estimate of drug-likeness (QED) is 0.154. The number of amides is 3. The van der Waals surface area contributed by atoms with Gasteiger partial charge in [0.1, 0.15) is 18.2 Å². The molecule has 0 heterocycles. The van der Waals surface area contributed by atoms with Gasteiger partial charge < -0.3 is 24.8 Å². The zero-order valence-electron chi connectivity index (χ0n) is 20.4. The van der Waals surface area contributed by atoms with Gasteiger partial charge in [-0.2, -0.15) is 5.10 Å². The van der Waals surface area contributed by atoms with Gasteiger partial charge in [-0.3, -0.25) is 14.4 Å². The Kier molecular flexibility index (Phi) is 9.94. The van der Waals surface area contributed by atoms with Crippen LogP contribution in [-0.4, -0.2) is 44.3 Å². The maximum Gasteiger partial charge on any atom is 0.329 e. The fraction of sp³-hybridized carbons (Fsp3) is 0.111. The van der Waals surface area contributed by atoms with Crippen LogP contribution in [0.15, 0.2) is 84.5 Å². The Morgan fingerprint density at radius 3 is 2.26 bits per heavy atom. The van der Waals surface area contributed by atoms with Gasteiger partial charge in [0.2, 0.25) is 0 Å². The molecule has 0 spiro atoms. The van der Waals surface area contributed by atoms with Crippen LogP contribution < -0.4 is 30.3 Å². The molecule has 0 aliphatic rings. The van der Waals surface area contributed by atoms with Gasteiger partial charge >= 0.3 is 11.8 Å². The summed E-state index contributed by atoms with van der Waals surface area (Å²) in [5.74, 6) is -1.52. The van der Waals surface area contributed by atoms with Gasteiger partial charge in [0.05, 0.1) is 13.3 Å². The summed E-state index contributed by atoms with van der Waals surface area (Å²) in [6, 6.07) is 16.5. The van der Waals surface area contributed by atoms with Gasteiger partial charge in [-0.15, -0.1) is 0 Å². The molecule has 0 fully saturated rings. The molecule has 0 saturated carbocycles. The molecule has 0 atom stereocenters. The van der Waals surface area contributed by atoms with E-state index in [2.05, 4.69) is 27.7 Å². The Morgan fingerprint density at radius 2 is 1.58 bits per heavy atom. The van der Waals surface area contributed by atoms with Gasteiger partial charge in [0.25, 0.3) is 5.91 Å². The van der Waals surface area contributed by atoms with E-state index in [1.165, 1.54) is 37.6 Å². The number of hydrazone groups is 1. The molecule has 3 N–H and O–H groups in total. The Balaban J connectivity index is 1.49. The van der Waals surface area contributed by atoms with Crippen molar-refractivity contribution < 1.29 is 33.0 Å². The third kappa shape index (κ3) is 8.48. The number of carbonyl (C=O) groups is 3. The molecule has 3 aromatic rings. The molecule has 3 rings (SSSR count). The summed E-state index contributed by atoms with van der Waals surface area (Å²) in [6.07, 6.45) is 2.92. The van der Waals surface area contributed by atoms with Crippen molar-refractivity contribution in [2.75, 3.05) is 31.0 Å². The van der Waals surface area contributed by atoms with E-state index in [0.717, 1.165) is 0 Å². The van der Waals surface area contributed by atoms with E-state index in [9.17, 15) is 18.8 Å². The molecule has 0 radical (unpaired) electrons. The number of hydrogen-bond acceptors (Lipinski definition) is 7. The molecule has 11 heteroatoms. The Bertz CT molecular complexity index is 1310. The molecule has 196 valence electrons. The molecule has 38 heavy (non-hydrogen) atoms. The number of rotatable bonds is 11. The largest absolute Gasteiger partial charge is 0.493 e. The third-order valence-corrected chi connectivity index (χ3v) is 4.74. The minimum Gasteiger partial charge on any atom is -0.493 e. The first-order valence-electron chi connectivity index (χ1n) is 11.2. The second kappa shape index (κ2) is 13.8. The van der Waals surface area contributed by atoms with Gasteiger partial charge in [-0.1, -0.05) is 12.7 Å². The molecule has 0 aliphatic carbocycles. The van der Waals surface area contributed by atoms with Crippen LogP contribution in [0.25, 0.3) is 0 Å². The first kappa shape index (κ1) is 27.4. The van der Waals surface area contributed by atoms with Crippen LogP contribution in [0.2, 0.25) is 0 Å². The van der Waals surface area contributed by atoms with Crippen molar-refractivity contribution >= 4 is 35.3 Å². The molecular weight excluding hydrogens is 495 g/mol. The fourth-order valence-electron chi connectivity index (χ4n) is 2.95. The van der Waals surface area contributed by atoms with E-state index in [-0.39, 0.29) is 6.61 Å². The summed E-state index contributed by atoms with van der Waals surface area (Å²) < 4.78 is 29.1. The molecule has 0 bridgehead atoms. The van der Waals surface area contributed by atoms with E-state index >= 15 is 0 Å². The molecule has 0 saturated heterocycles. The summed E-state index contributed by atoms with van der Waals surface area (Å²) in [5.41, 5.74) is 3.51. The molecule has 10 nitrogen and oxygen atoms in total. The first-order valence-corrected chi connectivity index (χ1v) is 11.2. The van der Waals surface area contributed by atoms with Crippen LogP contribution in [0, 0.1) is 5.82 Å². The molecule has 3 aromatic carbocycles. The Hall–Kier alpha value is -5.19. The summed E-state index contributed by atoms with van der Waals surface area (Å²) in [6.45, 7) is 3.61. The smallest absolute Gasteiger partial charge is 0.329 e. The van der Waals surface area contributed by atoms with Gasteiger partial charge in [0, 0.05) is 11.4 Å². The molecule has 0 aromatic heterocycles. The number of methoxy groups -OCH3 is 1. The highest BCUT2D eigenvalue weighted by atomic mass is 19.1. The number of ether oxygens (including phenoxy) is 3. The summed E-state index contributed by atoms with van der Waals surface area (Å²) in [4.78, 5) is 36.2. The number of benzene rings is 3. The second-order valence-electron chi connectivity index (χ2n) is 7.53. The van der Waals surface area contributed by atoms with Crippen LogP contribution >= 0.6 is 0 Å². The van der Waals surface area contributed by atoms with E-state index in [4.69, 9.17) is 14.2 Å². The Labute approximate surface area is 218 Å². The lowest BCUT2D eigenvalue weighted by molar-refractivity contribution is -0.136. The topological polar surface area (TPSA) is 127 Å². The van der Waals surface area contributed by atoms with Crippen molar-refractivity contribution in [3.63, 3.8) is 0 Å². The van der Waals surface area contributed by atoms with Crippen LogP contribution in [0.5, 0.6) is 17.2 Å². The van der Waals surface area contributed by atoms with Crippen molar-refractivity contribution in [3.8, 4) is 17.2 Å². The van der Waals surface area contributed by atoms with E-state index in [1.54, 1.807) is 48.5 Å². The lowest BCUT2D eigenvalue weighted by atomic mass is 10.2. The number of nitrogens with one attached hydrogen (secondary N) is 3. The van der Waals surface area contributed by atoms with Gasteiger partial charge in [-0.05, 0) is 72.3 Å². The van der Waals surface area contributed by atoms with Crippen molar-refractivity contribution in [3.05, 3.63) is 90.8 Å². The highest BCUT2D eigenvalue weighted by Gasteiger charge is 2.13. The lowest BCUT2D eigenvalue weighted by Gasteiger charge is -2.11. The normalized spacial score (nSPS) is 10.4. The van der Waals surface area contributed by atoms with Crippen LogP contribution in [-0.2, 0) is 14.4 Å². The van der Waals surface area contributed by atoms with E-state index in [1.807, 2.05) is 0 Å². The van der Waals surface area contributed by atoms with Gasteiger partial charge in [-0.25, -0.2) is 9.82 Å². The number of carbonyl (C=O) groups excluding carboxylic acids is 3. The van der Waals surface area contributed by atoms with E-state index < -0.39 is 23.5 Å². The van der Waals surface area contributed by atoms with E-state index in [0.29, 0.717) is 40.8 Å². The monoisotopic (exact) mass is 520 g/mol. The molecule has 0 aliphatic heterocycles. The minimum atomic E-state index is -0.965. The predicted octanol–water partition coefficient (Wildman–Crippen LogP) is 3.51. The van der Waals surface area contributed by atoms with Crippen LogP contribution in [0.3, 0.4) is 0 Å². The molecular formula is C27H25FN4O6. The minimum absolute atomic E-state index is 0.295. The average Bonchev–Trinajstić information content (AvgIpc) is 2.93. The standard InChI is InChI=1S/C27H25FN4O6/c1-3-14-37-22-11-9-21(10-12-22)31-26(34)27(35)32-29-16-18-4-13-23(24(15-18)36-2)38-17-25(33)30-20-7-5-19(28)6-8-20/h3-13,15-16H,1,14,17H2,2H3,(H,30,33)(H,31,34)(H,32,35)/b29-16-. The summed E-state index contributed by atoms with van der Waals surface area (Å²) in [5, 5.41) is 8.82. The SMILES string of the molecule is C=CCOc1ccc(NC(=O)C(=O)N/N=C\c2ccc(OCC(=O)Nc3ccc(F)cc3)c(OC)c2)cc1. The van der Waals surface area contributed by atoms with Crippen molar-refractivity contribution in [2.45, 2.75) is 0 Å². The van der Waals surface area contributed by atoms with Crippen molar-refractivity contribution in [2.24, 2.45) is 5.10 Å². The second-order valence-corrected chi connectivity index (χ2v) is 7.53. The maximum absolute atomic E-state index is 13.0. The van der Waals surface area contributed by atoms with Crippen LogP contribution in [0.1, 0.15) is 5.56 Å². The predicted molar refractivity (Wildman–Crippen MR) is 140 cm³/mol. The average molecular weight is 521 g/mol. The number of nitrogens with zero attached hydrogens (tertiary/aromatic N) is 1. The zero-order valence-corrected chi connectivity index (χ0v) is 20.4. The summed E-state index contributed by atoms with van der Waals surface area (Å²) in [7, 11) is 1.42. The fourth-order valence-corrected chi connectivity index (χ4v) is 2.95. The number of hydrogen-bond donors (Lipinski definition) is 3. The highest BCUT2D eigenvalue weighted by molar-refractivity contribution is 6.39. The lowest BCUT2D eigenvalue weighted by Crippen LogP contribution is -2.32. The molecule has 0 unspecified atom stereocenters. The Morgan fingerprint density at radius 1 is 0.895 bits per heavy atom. The number of halogens is 1. The van der Waals surface area contributed by atoms with Crippen LogP contribution in [0.4, 0.5) is 15.8 Å². The third-order valence-electron chi connectivity index (χ3n) is 4.74. The summed E-state index contributed by atoms with van der Waals surface area (Å²) >= 11 is 0. The molecule has 3 amide bonds. The first-order chi connectivity index (χ1) is 18.4. The van der Waals surface area contributed by atoms with Gasteiger partial charge in [0.15, 0.2) is 18.1 Å². The zero-order chi connectivity index (χ0) is 27.3. The van der Waals surface area contributed by atoms with Crippen molar-refractivity contribution in [1.29, 1.82) is 0 Å². The highest BCUT2D eigenvalue weighted by Crippen LogP contribution is 2.27. The van der Waals surface area contributed by atoms with Crippen molar-refractivity contribution in [1.82, 2.24) is 5.43 Å². The maximum atomic E-state index is 13.0.